The number of rotatable bonds is 4. The minimum atomic E-state index is -0.297. The van der Waals surface area contributed by atoms with E-state index in [1.165, 1.54) is 11.3 Å². The van der Waals surface area contributed by atoms with E-state index in [9.17, 15) is 9.59 Å². The summed E-state index contributed by atoms with van der Waals surface area (Å²) in [4.78, 5) is 29.8. The fourth-order valence-corrected chi connectivity index (χ4v) is 3.66. The van der Waals surface area contributed by atoms with Crippen LogP contribution in [0.5, 0.6) is 0 Å². The average molecular weight is 399 g/mol. The monoisotopic (exact) mass is 398 g/mol. The first-order chi connectivity index (χ1) is 11.9. The van der Waals surface area contributed by atoms with Crippen molar-refractivity contribution in [2.45, 2.75) is 12.8 Å². The second-order valence-corrected chi connectivity index (χ2v) is 7.43. The van der Waals surface area contributed by atoms with Gasteiger partial charge in [0.15, 0.2) is 5.13 Å². The van der Waals surface area contributed by atoms with Crippen LogP contribution in [0, 0.1) is 5.92 Å². The Morgan fingerprint density at radius 3 is 2.60 bits per heavy atom. The van der Waals surface area contributed by atoms with Crippen molar-refractivity contribution in [3.63, 3.8) is 0 Å². The molecule has 0 bridgehead atoms. The van der Waals surface area contributed by atoms with E-state index >= 15 is 0 Å². The number of nitrogens with zero attached hydrogens (tertiary/aromatic N) is 2. The molecule has 0 aliphatic carbocycles. The summed E-state index contributed by atoms with van der Waals surface area (Å²) in [5, 5.41) is 6.32. The van der Waals surface area contributed by atoms with Gasteiger partial charge in [0.05, 0.1) is 10.0 Å². The van der Waals surface area contributed by atoms with Gasteiger partial charge in [-0.15, -0.1) is 11.3 Å². The topological polar surface area (TPSA) is 88.3 Å². The zero-order chi connectivity index (χ0) is 18.0. The summed E-state index contributed by atoms with van der Waals surface area (Å²) in [6, 6.07) is 5.17. The number of amides is 2. The molecular weight excluding hydrogens is 383 g/mol. The van der Waals surface area contributed by atoms with Crippen LogP contribution >= 0.6 is 34.5 Å². The molecule has 1 fully saturated rings. The number of thiazole rings is 1. The molecule has 1 aromatic carbocycles. The Morgan fingerprint density at radius 2 is 1.96 bits per heavy atom. The molecule has 1 aliphatic rings. The first-order valence-electron chi connectivity index (χ1n) is 7.70. The van der Waals surface area contributed by atoms with Gasteiger partial charge >= 0.3 is 0 Å². The lowest BCUT2D eigenvalue weighted by atomic mass is 9.96. The van der Waals surface area contributed by atoms with Gasteiger partial charge in [-0.1, -0.05) is 23.2 Å². The van der Waals surface area contributed by atoms with Crippen LogP contribution in [0.1, 0.15) is 23.3 Å². The summed E-state index contributed by atoms with van der Waals surface area (Å²) in [5.74, 6) is -0.582. The van der Waals surface area contributed by atoms with Crippen LogP contribution in [-0.2, 0) is 4.79 Å². The number of carbonyl (C=O) groups is 2. The molecule has 9 heteroatoms. The predicted octanol–water partition coefficient (Wildman–Crippen LogP) is 3.53. The second-order valence-electron chi connectivity index (χ2n) is 5.76. The fraction of sp³-hybridized carbons (Fsp3) is 0.312. The van der Waals surface area contributed by atoms with Crippen LogP contribution in [0.2, 0.25) is 10.0 Å². The average Bonchev–Trinajstić information content (AvgIpc) is 3.06. The fourth-order valence-electron chi connectivity index (χ4n) is 2.66. The molecule has 25 heavy (non-hydrogen) atoms. The molecule has 0 spiro atoms. The first-order valence-corrected chi connectivity index (χ1v) is 9.34. The quantitative estimate of drug-likeness (QED) is 0.823. The van der Waals surface area contributed by atoms with Gasteiger partial charge in [-0.25, -0.2) is 4.98 Å². The summed E-state index contributed by atoms with van der Waals surface area (Å²) in [6.07, 6.45) is 1.19. The maximum absolute atomic E-state index is 12.5. The lowest BCUT2D eigenvalue weighted by Crippen LogP contribution is -2.41. The van der Waals surface area contributed by atoms with Crippen LogP contribution in [0.3, 0.4) is 0 Å². The summed E-state index contributed by atoms with van der Waals surface area (Å²) >= 11 is 13.2. The highest BCUT2D eigenvalue weighted by Gasteiger charge is 2.27. The van der Waals surface area contributed by atoms with Gasteiger partial charge in [-0.3, -0.25) is 9.59 Å². The number of carbonyl (C=O) groups excluding carboxylic acids is 2. The number of aromatic nitrogens is 1. The third-order valence-corrected chi connectivity index (χ3v) is 5.58. The Bertz CT molecular complexity index is 803. The molecule has 132 valence electrons. The predicted molar refractivity (Wildman–Crippen MR) is 99.7 cm³/mol. The van der Waals surface area contributed by atoms with Gasteiger partial charge in [0.1, 0.15) is 5.69 Å². The number of hydrogen-bond donors (Lipinski definition) is 2. The van der Waals surface area contributed by atoms with E-state index in [-0.39, 0.29) is 17.7 Å². The largest absolute Gasteiger partial charge is 0.369 e. The van der Waals surface area contributed by atoms with E-state index in [2.05, 4.69) is 10.3 Å². The Hall–Kier alpha value is -1.83. The number of nitrogens with one attached hydrogen (secondary N) is 1. The molecule has 0 unspecified atom stereocenters. The van der Waals surface area contributed by atoms with E-state index in [0.29, 0.717) is 46.8 Å². The second kappa shape index (κ2) is 7.59. The Morgan fingerprint density at radius 1 is 1.24 bits per heavy atom. The Balaban J connectivity index is 1.64. The van der Waals surface area contributed by atoms with E-state index in [1.54, 1.807) is 28.5 Å². The maximum atomic E-state index is 12.5. The molecule has 6 nitrogen and oxygen atoms in total. The number of anilines is 2. The molecule has 3 rings (SSSR count). The smallest absolute Gasteiger partial charge is 0.273 e. The van der Waals surface area contributed by atoms with Crippen molar-refractivity contribution in [3.8, 4) is 0 Å². The molecule has 1 aliphatic heterocycles. The normalized spacial score (nSPS) is 15.2. The standard InChI is InChI=1S/C16H16Cl2N4O2S/c17-11-2-1-10(7-12(11)18)20-16-21-13(8-25-16)15(24)22-5-3-9(4-6-22)14(19)23/h1-2,7-9H,3-6H2,(H2,19,23)(H,20,21). The number of likely N-dealkylation sites (tertiary alicyclic amines) is 1. The van der Waals surface area contributed by atoms with E-state index in [4.69, 9.17) is 28.9 Å². The Labute approximate surface area is 158 Å². The molecule has 0 radical (unpaired) electrons. The third-order valence-electron chi connectivity index (χ3n) is 4.08. The summed E-state index contributed by atoms with van der Waals surface area (Å²) in [5.41, 5.74) is 6.44. The van der Waals surface area contributed by atoms with Crippen molar-refractivity contribution in [2.24, 2.45) is 11.7 Å². The van der Waals surface area contributed by atoms with Crippen molar-refractivity contribution in [1.29, 1.82) is 0 Å². The van der Waals surface area contributed by atoms with E-state index < -0.39 is 0 Å². The molecule has 3 N–H and O–H groups in total. The highest BCUT2D eigenvalue weighted by atomic mass is 35.5. The molecule has 2 amide bonds. The Kier molecular flexibility index (Phi) is 5.46. The van der Waals surface area contributed by atoms with Crippen LogP contribution in [0.25, 0.3) is 0 Å². The van der Waals surface area contributed by atoms with Gasteiger partial charge in [-0.05, 0) is 31.0 Å². The number of nitrogens with two attached hydrogens (primary N) is 1. The molecule has 1 saturated heterocycles. The molecule has 1 aromatic heterocycles. The zero-order valence-corrected chi connectivity index (χ0v) is 15.5. The van der Waals surface area contributed by atoms with E-state index in [0.717, 1.165) is 5.69 Å². The minimum absolute atomic E-state index is 0.138. The lowest BCUT2D eigenvalue weighted by Gasteiger charge is -2.30. The molecule has 2 aromatic rings. The van der Waals surface area contributed by atoms with Crippen molar-refractivity contribution >= 4 is 57.2 Å². The first kappa shape index (κ1) is 18.0. The summed E-state index contributed by atoms with van der Waals surface area (Å²) in [6.45, 7) is 1.03. The highest BCUT2D eigenvalue weighted by molar-refractivity contribution is 7.14. The molecule has 2 heterocycles. The number of primary amides is 1. The van der Waals surface area contributed by atoms with Gasteiger partial charge in [0.25, 0.3) is 5.91 Å². The van der Waals surface area contributed by atoms with Gasteiger partial charge in [0.2, 0.25) is 5.91 Å². The number of hydrogen-bond acceptors (Lipinski definition) is 5. The number of piperidine rings is 1. The van der Waals surface area contributed by atoms with Crippen LogP contribution in [0.4, 0.5) is 10.8 Å². The molecular formula is C16H16Cl2N4O2S. The van der Waals surface area contributed by atoms with Crippen molar-refractivity contribution in [3.05, 3.63) is 39.3 Å². The van der Waals surface area contributed by atoms with Crippen LogP contribution in [0.15, 0.2) is 23.6 Å². The van der Waals surface area contributed by atoms with E-state index in [1.807, 2.05) is 0 Å². The number of halogens is 2. The van der Waals surface area contributed by atoms with Gasteiger partial charge in [-0.2, -0.15) is 0 Å². The van der Waals surface area contributed by atoms with Crippen molar-refractivity contribution in [2.75, 3.05) is 18.4 Å². The summed E-state index contributed by atoms with van der Waals surface area (Å²) < 4.78 is 0. The zero-order valence-electron chi connectivity index (χ0n) is 13.2. The minimum Gasteiger partial charge on any atom is -0.369 e. The van der Waals surface area contributed by atoms with Gasteiger partial charge in [0, 0.05) is 30.1 Å². The van der Waals surface area contributed by atoms with Crippen LogP contribution < -0.4 is 11.1 Å². The SMILES string of the molecule is NC(=O)C1CCN(C(=O)c2csc(Nc3ccc(Cl)c(Cl)c3)n2)CC1. The highest BCUT2D eigenvalue weighted by Crippen LogP contribution is 2.28. The van der Waals surface area contributed by atoms with Crippen LogP contribution in [-0.4, -0.2) is 34.8 Å². The molecule has 0 saturated carbocycles. The van der Waals surface area contributed by atoms with Crippen molar-refractivity contribution < 1.29 is 9.59 Å². The van der Waals surface area contributed by atoms with Crippen molar-refractivity contribution in [1.82, 2.24) is 9.88 Å². The lowest BCUT2D eigenvalue weighted by molar-refractivity contribution is -0.123. The molecule has 0 atom stereocenters. The third kappa shape index (κ3) is 4.23. The maximum Gasteiger partial charge on any atom is 0.273 e. The number of benzene rings is 1. The van der Waals surface area contributed by atoms with Gasteiger partial charge < -0.3 is 16.0 Å². The summed E-state index contributed by atoms with van der Waals surface area (Å²) in [7, 11) is 0.